The number of hydrogen-bond acceptors (Lipinski definition) is 3. The van der Waals surface area contributed by atoms with Gasteiger partial charge in [0.05, 0.1) is 6.10 Å². The predicted octanol–water partition coefficient (Wildman–Crippen LogP) is -0.387. The Morgan fingerprint density at radius 2 is 2.00 bits per heavy atom. The Kier molecular flexibility index (Phi) is 5.40. The number of carbonyl (C=O) groups is 1. The summed E-state index contributed by atoms with van der Waals surface area (Å²) in [4.78, 5) is 10.1. The molecule has 0 aliphatic heterocycles. The molecule has 0 spiro atoms. The molecule has 5 heteroatoms. The Bertz CT molecular complexity index is 139. The van der Waals surface area contributed by atoms with Gasteiger partial charge in [-0.3, -0.25) is 0 Å². The molecule has 0 aliphatic carbocycles. The second kappa shape index (κ2) is 5.79. The summed E-state index contributed by atoms with van der Waals surface area (Å²) in [6, 6.07) is -0.138. The van der Waals surface area contributed by atoms with Crippen molar-refractivity contribution in [1.29, 1.82) is 0 Å². The molecule has 0 bridgehead atoms. The molecule has 1 amide bonds. The lowest BCUT2D eigenvalue weighted by molar-refractivity contribution is 0.184. The molecular formula is C7H16N2O3. The van der Waals surface area contributed by atoms with Crippen LogP contribution in [0.5, 0.6) is 0 Å². The number of aliphatic hydroxyl groups is 1. The summed E-state index contributed by atoms with van der Waals surface area (Å²) in [5.74, 6) is 0. The van der Waals surface area contributed by atoms with Gasteiger partial charge in [-0.1, -0.05) is 0 Å². The van der Waals surface area contributed by atoms with E-state index in [2.05, 4.69) is 10.6 Å². The zero-order valence-electron chi connectivity index (χ0n) is 7.37. The maximum absolute atomic E-state index is 10.1. The van der Waals surface area contributed by atoms with E-state index >= 15 is 0 Å². The van der Waals surface area contributed by atoms with Crippen molar-refractivity contribution in [2.45, 2.75) is 26.0 Å². The minimum absolute atomic E-state index is 0.138. The molecule has 0 radical (unpaired) electrons. The lowest BCUT2D eigenvalue weighted by Gasteiger charge is -2.12. The van der Waals surface area contributed by atoms with E-state index in [1.165, 1.54) is 0 Å². The first kappa shape index (κ1) is 11.2. The third-order valence-corrected chi connectivity index (χ3v) is 1.26. The summed E-state index contributed by atoms with van der Waals surface area (Å²) < 4.78 is 0. The van der Waals surface area contributed by atoms with Crippen LogP contribution in [0.3, 0.4) is 0 Å². The lowest BCUT2D eigenvalue weighted by atomic mass is 10.3. The van der Waals surface area contributed by atoms with E-state index in [1.807, 2.05) is 0 Å². The summed E-state index contributed by atoms with van der Waals surface area (Å²) >= 11 is 0. The second-order valence-corrected chi connectivity index (χ2v) is 2.86. The standard InChI is InChI=1S/C7H16N2O3/c1-5(9-7(11)12)3-8-4-6(2)10/h5-6,8-10H,3-4H2,1-2H3,(H,11,12)/t5-,6+/m0/s1. The van der Waals surface area contributed by atoms with Gasteiger partial charge in [0.25, 0.3) is 0 Å². The van der Waals surface area contributed by atoms with E-state index < -0.39 is 12.2 Å². The van der Waals surface area contributed by atoms with Gasteiger partial charge in [-0.15, -0.1) is 0 Å². The molecule has 0 aromatic carbocycles. The van der Waals surface area contributed by atoms with E-state index in [9.17, 15) is 4.79 Å². The fraction of sp³-hybridized carbons (Fsp3) is 0.857. The smallest absolute Gasteiger partial charge is 0.404 e. The van der Waals surface area contributed by atoms with E-state index in [1.54, 1.807) is 13.8 Å². The fourth-order valence-corrected chi connectivity index (χ4v) is 0.771. The van der Waals surface area contributed by atoms with E-state index in [4.69, 9.17) is 10.2 Å². The van der Waals surface area contributed by atoms with Gasteiger partial charge in [0.15, 0.2) is 0 Å². The zero-order chi connectivity index (χ0) is 9.56. The van der Waals surface area contributed by atoms with Crippen molar-refractivity contribution in [2.24, 2.45) is 0 Å². The van der Waals surface area contributed by atoms with E-state index in [0.29, 0.717) is 13.1 Å². The molecule has 0 heterocycles. The fourth-order valence-electron chi connectivity index (χ4n) is 0.771. The van der Waals surface area contributed by atoms with Crippen LogP contribution >= 0.6 is 0 Å². The van der Waals surface area contributed by atoms with Gasteiger partial charge in [0.1, 0.15) is 0 Å². The summed E-state index contributed by atoms with van der Waals surface area (Å²) in [6.07, 6.45) is -1.43. The predicted molar refractivity (Wildman–Crippen MR) is 45.2 cm³/mol. The van der Waals surface area contributed by atoms with Gasteiger partial charge < -0.3 is 20.8 Å². The molecule has 5 nitrogen and oxygen atoms in total. The molecule has 2 atom stereocenters. The van der Waals surface area contributed by atoms with E-state index in [0.717, 1.165) is 0 Å². The van der Waals surface area contributed by atoms with Crippen molar-refractivity contribution >= 4 is 6.09 Å². The molecule has 0 saturated carbocycles. The number of amides is 1. The van der Waals surface area contributed by atoms with Crippen molar-refractivity contribution in [3.05, 3.63) is 0 Å². The van der Waals surface area contributed by atoms with Crippen LogP contribution < -0.4 is 10.6 Å². The molecule has 0 saturated heterocycles. The lowest BCUT2D eigenvalue weighted by Crippen LogP contribution is -2.40. The Hall–Kier alpha value is -0.810. The molecule has 4 N–H and O–H groups in total. The third kappa shape index (κ3) is 7.30. The number of carboxylic acid groups (broad SMARTS) is 1. The number of nitrogens with one attached hydrogen (secondary N) is 2. The van der Waals surface area contributed by atoms with Gasteiger partial charge in [-0.2, -0.15) is 0 Å². The van der Waals surface area contributed by atoms with Gasteiger partial charge in [0, 0.05) is 19.1 Å². The van der Waals surface area contributed by atoms with Gasteiger partial charge in [-0.25, -0.2) is 4.79 Å². The molecule has 0 aromatic rings. The first-order chi connectivity index (χ1) is 5.52. The highest BCUT2D eigenvalue weighted by Crippen LogP contribution is 1.80. The summed E-state index contributed by atoms with van der Waals surface area (Å²) in [6.45, 7) is 4.42. The minimum Gasteiger partial charge on any atom is -0.465 e. The Morgan fingerprint density at radius 1 is 1.42 bits per heavy atom. The summed E-state index contributed by atoms with van der Waals surface area (Å²) in [5.41, 5.74) is 0. The van der Waals surface area contributed by atoms with Crippen molar-refractivity contribution < 1.29 is 15.0 Å². The molecule has 12 heavy (non-hydrogen) atoms. The number of rotatable bonds is 5. The molecule has 0 aliphatic rings. The second-order valence-electron chi connectivity index (χ2n) is 2.86. The molecule has 0 unspecified atom stereocenters. The van der Waals surface area contributed by atoms with Crippen molar-refractivity contribution in [2.75, 3.05) is 13.1 Å². The normalized spacial score (nSPS) is 15.2. The van der Waals surface area contributed by atoms with Crippen LogP contribution in [0, 0.1) is 0 Å². The first-order valence-corrected chi connectivity index (χ1v) is 3.90. The maximum atomic E-state index is 10.1. The number of aliphatic hydroxyl groups excluding tert-OH is 1. The van der Waals surface area contributed by atoms with Crippen molar-refractivity contribution in [3.8, 4) is 0 Å². The molecule has 72 valence electrons. The van der Waals surface area contributed by atoms with Gasteiger partial charge in [-0.05, 0) is 13.8 Å². The van der Waals surface area contributed by atoms with Crippen LogP contribution in [-0.4, -0.2) is 41.5 Å². The summed E-state index contributed by atoms with van der Waals surface area (Å²) in [5, 5.41) is 22.4. The van der Waals surface area contributed by atoms with Crippen molar-refractivity contribution in [1.82, 2.24) is 10.6 Å². The SMILES string of the molecule is C[C@@H](O)CNC[C@H](C)NC(=O)O. The van der Waals surface area contributed by atoms with E-state index in [-0.39, 0.29) is 6.04 Å². The van der Waals surface area contributed by atoms with Crippen LogP contribution in [0.25, 0.3) is 0 Å². The maximum Gasteiger partial charge on any atom is 0.404 e. The van der Waals surface area contributed by atoms with Gasteiger partial charge in [0.2, 0.25) is 0 Å². The quantitative estimate of drug-likeness (QED) is 0.460. The van der Waals surface area contributed by atoms with Crippen molar-refractivity contribution in [3.63, 3.8) is 0 Å². The Morgan fingerprint density at radius 3 is 2.42 bits per heavy atom. The third-order valence-electron chi connectivity index (χ3n) is 1.26. The highest BCUT2D eigenvalue weighted by atomic mass is 16.4. The zero-order valence-corrected chi connectivity index (χ0v) is 7.37. The first-order valence-electron chi connectivity index (χ1n) is 3.90. The molecule has 0 fully saturated rings. The minimum atomic E-state index is -1.03. The molecule has 0 aromatic heterocycles. The Balaban J connectivity index is 3.31. The Labute approximate surface area is 71.8 Å². The highest BCUT2D eigenvalue weighted by Gasteiger charge is 2.04. The van der Waals surface area contributed by atoms with Crippen LogP contribution in [-0.2, 0) is 0 Å². The molecular weight excluding hydrogens is 160 g/mol. The van der Waals surface area contributed by atoms with Gasteiger partial charge >= 0.3 is 6.09 Å². The summed E-state index contributed by atoms with van der Waals surface area (Å²) in [7, 11) is 0. The van der Waals surface area contributed by atoms with Crippen LogP contribution in [0.1, 0.15) is 13.8 Å². The van der Waals surface area contributed by atoms with Crippen LogP contribution in [0.15, 0.2) is 0 Å². The van der Waals surface area contributed by atoms with Crippen LogP contribution in [0.4, 0.5) is 4.79 Å². The monoisotopic (exact) mass is 176 g/mol. The average molecular weight is 176 g/mol. The van der Waals surface area contributed by atoms with Crippen LogP contribution in [0.2, 0.25) is 0 Å². The molecule has 0 rings (SSSR count). The average Bonchev–Trinajstić information content (AvgIpc) is 1.84. The topological polar surface area (TPSA) is 81.6 Å². The highest BCUT2D eigenvalue weighted by molar-refractivity contribution is 5.64. The largest absolute Gasteiger partial charge is 0.465 e. The number of hydrogen-bond donors (Lipinski definition) is 4.